The molecule has 3 nitrogen and oxygen atoms in total. The summed E-state index contributed by atoms with van der Waals surface area (Å²) in [5, 5.41) is 1.42. The van der Waals surface area contributed by atoms with Crippen LogP contribution in [0.1, 0.15) is 37.7 Å². The molecule has 0 radical (unpaired) electrons. The van der Waals surface area contributed by atoms with Gasteiger partial charge in [0.05, 0.1) is 5.92 Å². The topological polar surface area (TPSA) is 23.6 Å². The van der Waals surface area contributed by atoms with Crippen molar-refractivity contribution >= 4 is 29.1 Å². The predicted molar refractivity (Wildman–Crippen MR) is 94.9 cm³/mol. The molecule has 2 aliphatic heterocycles. The molecule has 0 aromatic heterocycles. The first-order valence-corrected chi connectivity index (χ1v) is 9.35. The van der Waals surface area contributed by atoms with Gasteiger partial charge >= 0.3 is 0 Å². The van der Waals surface area contributed by atoms with E-state index in [-0.39, 0.29) is 5.92 Å². The fourth-order valence-corrected chi connectivity index (χ4v) is 4.20. The smallest absolute Gasteiger partial charge is 0.226 e. The highest BCUT2D eigenvalue weighted by atomic mass is 35.5. The summed E-state index contributed by atoms with van der Waals surface area (Å²) in [6.07, 6.45) is 5.62. The molecule has 126 valence electrons. The molecule has 0 spiro atoms. The van der Waals surface area contributed by atoms with E-state index in [2.05, 4.69) is 9.80 Å². The third-order valence-corrected chi connectivity index (χ3v) is 5.67. The maximum atomic E-state index is 12.7. The lowest BCUT2D eigenvalue weighted by Gasteiger charge is -2.36. The molecule has 3 rings (SSSR count). The van der Waals surface area contributed by atoms with Crippen LogP contribution in [0.5, 0.6) is 0 Å². The van der Waals surface area contributed by atoms with Crippen LogP contribution < -0.4 is 0 Å². The largest absolute Gasteiger partial charge is 0.342 e. The minimum Gasteiger partial charge on any atom is -0.342 e. The molecule has 0 bridgehead atoms. The van der Waals surface area contributed by atoms with E-state index in [4.69, 9.17) is 23.2 Å². The maximum Gasteiger partial charge on any atom is 0.226 e. The van der Waals surface area contributed by atoms with Crippen molar-refractivity contribution in [2.45, 2.75) is 38.6 Å². The number of carbonyl (C=O) groups is 1. The SMILES string of the molecule is O=C([C@H]1CCCN(Cc2c(Cl)cccc2Cl)C1)N1CCCCC1. The Hall–Kier alpha value is -0.770. The first kappa shape index (κ1) is 17.1. The van der Waals surface area contributed by atoms with Gasteiger partial charge in [0.1, 0.15) is 0 Å². The monoisotopic (exact) mass is 354 g/mol. The lowest BCUT2D eigenvalue weighted by atomic mass is 9.95. The van der Waals surface area contributed by atoms with Crippen LogP contribution in [0.25, 0.3) is 0 Å². The number of hydrogen-bond acceptors (Lipinski definition) is 2. The van der Waals surface area contributed by atoms with Crippen LogP contribution in [-0.2, 0) is 11.3 Å². The van der Waals surface area contributed by atoms with E-state index >= 15 is 0 Å². The summed E-state index contributed by atoms with van der Waals surface area (Å²) in [5.74, 6) is 0.475. The Labute approximate surface area is 148 Å². The Balaban J connectivity index is 1.63. The van der Waals surface area contributed by atoms with E-state index in [1.54, 1.807) is 0 Å². The molecule has 1 amide bonds. The zero-order valence-electron chi connectivity index (χ0n) is 13.4. The number of nitrogens with zero attached hydrogens (tertiary/aromatic N) is 2. The van der Waals surface area contributed by atoms with Crippen molar-refractivity contribution in [3.8, 4) is 0 Å². The van der Waals surface area contributed by atoms with E-state index in [1.165, 1.54) is 6.42 Å². The Morgan fingerprint density at radius 2 is 1.74 bits per heavy atom. The highest BCUT2D eigenvalue weighted by Crippen LogP contribution is 2.28. The highest BCUT2D eigenvalue weighted by molar-refractivity contribution is 6.35. The summed E-state index contributed by atoms with van der Waals surface area (Å²) < 4.78 is 0. The first-order chi connectivity index (χ1) is 11.1. The quantitative estimate of drug-likeness (QED) is 0.811. The number of halogens is 2. The molecule has 23 heavy (non-hydrogen) atoms. The van der Waals surface area contributed by atoms with Crippen LogP contribution in [-0.4, -0.2) is 41.9 Å². The number of piperidine rings is 2. The lowest BCUT2D eigenvalue weighted by molar-refractivity contribution is -0.138. The Bertz CT molecular complexity index is 538. The number of hydrogen-bond donors (Lipinski definition) is 0. The van der Waals surface area contributed by atoms with Crippen LogP contribution in [0.15, 0.2) is 18.2 Å². The Kier molecular flexibility index (Phi) is 5.84. The highest BCUT2D eigenvalue weighted by Gasteiger charge is 2.30. The van der Waals surface area contributed by atoms with E-state index < -0.39 is 0 Å². The molecular weight excluding hydrogens is 331 g/mol. The summed E-state index contributed by atoms with van der Waals surface area (Å²) in [4.78, 5) is 17.1. The van der Waals surface area contributed by atoms with E-state index in [0.29, 0.717) is 16.0 Å². The molecule has 1 aromatic carbocycles. The van der Waals surface area contributed by atoms with Gasteiger partial charge in [-0.1, -0.05) is 29.3 Å². The zero-order valence-corrected chi connectivity index (χ0v) is 15.0. The molecule has 2 saturated heterocycles. The van der Waals surface area contributed by atoms with Gasteiger partial charge in [0.25, 0.3) is 0 Å². The summed E-state index contributed by atoms with van der Waals surface area (Å²) in [5.41, 5.74) is 0.974. The molecule has 0 aliphatic carbocycles. The van der Waals surface area contributed by atoms with Crippen molar-refractivity contribution in [1.29, 1.82) is 0 Å². The van der Waals surface area contributed by atoms with Gasteiger partial charge in [-0.15, -0.1) is 0 Å². The molecule has 2 fully saturated rings. The first-order valence-electron chi connectivity index (χ1n) is 8.59. The molecule has 0 saturated carbocycles. The van der Waals surface area contributed by atoms with Crippen LogP contribution in [0, 0.1) is 5.92 Å². The molecule has 0 unspecified atom stereocenters. The van der Waals surface area contributed by atoms with Crippen LogP contribution in [0.4, 0.5) is 0 Å². The summed E-state index contributed by atoms with van der Waals surface area (Å²) in [7, 11) is 0. The lowest BCUT2D eigenvalue weighted by Crippen LogP contribution is -2.46. The van der Waals surface area contributed by atoms with Crippen LogP contribution >= 0.6 is 23.2 Å². The summed E-state index contributed by atoms with van der Waals surface area (Å²) in [6, 6.07) is 5.62. The fourth-order valence-electron chi connectivity index (χ4n) is 3.68. The zero-order chi connectivity index (χ0) is 16.2. The second-order valence-electron chi connectivity index (χ2n) is 6.66. The van der Waals surface area contributed by atoms with E-state index in [9.17, 15) is 4.79 Å². The van der Waals surface area contributed by atoms with Crippen molar-refractivity contribution in [2.24, 2.45) is 5.92 Å². The number of amides is 1. The van der Waals surface area contributed by atoms with Crippen molar-refractivity contribution in [2.75, 3.05) is 26.2 Å². The number of likely N-dealkylation sites (tertiary alicyclic amines) is 2. The summed E-state index contributed by atoms with van der Waals surface area (Å²) >= 11 is 12.6. The van der Waals surface area contributed by atoms with Gasteiger partial charge < -0.3 is 4.90 Å². The van der Waals surface area contributed by atoms with Crippen molar-refractivity contribution in [3.05, 3.63) is 33.8 Å². The molecule has 5 heteroatoms. The van der Waals surface area contributed by atoms with Gasteiger partial charge in [0, 0.05) is 41.8 Å². The average Bonchev–Trinajstić information content (AvgIpc) is 2.59. The van der Waals surface area contributed by atoms with Crippen molar-refractivity contribution < 1.29 is 4.79 Å². The van der Waals surface area contributed by atoms with Gasteiger partial charge in [0.2, 0.25) is 5.91 Å². The van der Waals surface area contributed by atoms with E-state index in [0.717, 1.165) is 64.0 Å². The molecule has 2 aliphatic rings. The summed E-state index contributed by atoms with van der Waals surface area (Å²) in [6.45, 7) is 4.42. The van der Waals surface area contributed by atoms with Crippen LogP contribution in [0.3, 0.4) is 0 Å². The van der Waals surface area contributed by atoms with Gasteiger partial charge in [-0.25, -0.2) is 0 Å². The molecule has 1 aromatic rings. The third kappa shape index (κ3) is 4.20. The normalized spacial score (nSPS) is 23.0. The number of carbonyl (C=O) groups excluding carboxylic acids is 1. The van der Waals surface area contributed by atoms with Gasteiger partial charge in [-0.3, -0.25) is 9.69 Å². The molecule has 1 atom stereocenters. The van der Waals surface area contributed by atoms with Gasteiger partial charge in [-0.05, 0) is 50.8 Å². The minimum absolute atomic E-state index is 0.128. The van der Waals surface area contributed by atoms with Crippen molar-refractivity contribution in [3.63, 3.8) is 0 Å². The average molecular weight is 355 g/mol. The number of rotatable bonds is 3. The van der Waals surface area contributed by atoms with Gasteiger partial charge in [-0.2, -0.15) is 0 Å². The predicted octanol–water partition coefficient (Wildman–Crippen LogP) is 4.22. The minimum atomic E-state index is 0.128. The molecule has 2 heterocycles. The molecule has 0 N–H and O–H groups in total. The van der Waals surface area contributed by atoms with Crippen LogP contribution in [0.2, 0.25) is 10.0 Å². The Morgan fingerprint density at radius 1 is 1.04 bits per heavy atom. The second-order valence-corrected chi connectivity index (χ2v) is 7.47. The third-order valence-electron chi connectivity index (χ3n) is 4.97. The van der Waals surface area contributed by atoms with E-state index in [1.807, 2.05) is 18.2 Å². The maximum absolute atomic E-state index is 12.7. The van der Waals surface area contributed by atoms with Gasteiger partial charge in [0.15, 0.2) is 0 Å². The molecular formula is C18H24Cl2N2O. The second kappa shape index (κ2) is 7.87. The Morgan fingerprint density at radius 3 is 2.43 bits per heavy atom. The standard InChI is InChI=1S/C18H24Cl2N2O/c19-16-7-4-8-17(20)15(16)13-21-9-5-6-14(12-21)18(23)22-10-2-1-3-11-22/h4,7-8,14H,1-3,5-6,9-13H2/t14-/m0/s1. The fraction of sp³-hybridized carbons (Fsp3) is 0.611. The van der Waals surface area contributed by atoms with Crippen molar-refractivity contribution in [1.82, 2.24) is 9.80 Å². The number of benzene rings is 1.